The van der Waals surface area contributed by atoms with E-state index in [0.29, 0.717) is 30.0 Å². The van der Waals surface area contributed by atoms with E-state index in [-0.39, 0.29) is 5.91 Å². The Balaban J connectivity index is 1.30. The number of methoxy groups -OCH3 is 1. The SMILES string of the molecule is COc1ccc(-n2c(Cc3ccccc3)nnc2SCc2ccc(C(=O)NCc3ccco3)cc2)cc1. The van der Waals surface area contributed by atoms with Crippen LogP contribution in [0.1, 0.15) is 33.1 Å². The summed E-state index contributed by atoms with van der Waals surface area (Å²) in [5, 5.41) is 12.7. The van der Waals surface area contributed by atoms with Crippen molar-refractivity contribution < 1.29 is 13.9 Å². The van der Waals surface area contributed by atoms with Crippen molar-refractivity contribution in [3.63, 3.8) is 0 Å². The quantitative estimate of drug-likeness (QED) is 0.243. The maximum absolute atomic E-state index is 12.4. The van der Waals surface area contributed by atoms with Gasteiger partial charge in [-0.1, -0.05) is 54.2 Å². The summed E-state index contributed by atoms with van der Waals surface area (Å²) in [6.45, 7) is 0.357. The van der Waals surface area contributed by atoms with Crippen molar-refractivity contribution >= 4 is 17.7 Å². The minimum absolute atomic E-state index is 0.139. The molecule has 0 saturated heterocycles. The topological polar surface area (TPSA) is 82.2 Å². The lowest BCUT2D eigenvalue weighted by molar-refractivity contribution is 0.0948. The zero-order valence-electron chi connectivity index (χ0n) is 20.3. The van der Waals surface area contributed by atoms with Crippen LogP contribution < -0.4 is 10.1 Å². The van der Waals surface area contributed by atoms with Gasteiger partial charge in [-0.15, -0.1) is 10.2 Å². The summed E-state index contributed by atoms with van der Waals surface area (Å²) in [5.74, 6) is 2.93. The molecule has 0 aliphatic heterocycles. The fraction of sp³-hybridized carbons (Fsp3) is 0.138. The summed E-state index contributed by atoms with van der Waals surface area (Å²) in [7, 11) is 1.66. The molecule has 0 unspecified atom stereocenters. The zero-order chi connectivity index (χ0) is 25.5. The first-order chi connectivity index (χ1) is 18.2. The van der Waals surface area contributed by atoms with E-state index >= 15 is 0 Å². The summed E-state index contributed by atoms with van der Waals surface area (Å²) >= 11 is 1.60. The Kier molecular flexibility index (Phi) is 7.66. The maximum Gasteiger partial charge on any atom is 0.251 e. The Bertz CT molecular complexity index is 1430. The van der Waals surface area contributed by atoms with Crippen molar-refractivity contribution in [2.24, 2.45) is 0 Å². The summed E-state index contributed by atoms with van der Waals surface area (Å²) in [5.41, 5.74) is 3.83. The molecule has 37 heavy (non-hydrogen) atoms. The number of thioether (sulfide) groups is 1. The van der Waals surface area contributed by atoms with E-state index in [4.69, 9.17) is 9.15 Å². The van der Waals surface area contributed by atoms with Crippen LogP contribution in [-0.2, 0) is 18.7 Å². The van der Waals surface area contributed by atoms with Gasteiger partial charge in [-0.25, -0.2) is 0 Å². The lowest BCUT2D eigenvalue weighted by Gasteiger charge is -2.11. The van der Waals surface area contributed by atoms with Crippen LogP contribution in [-0.4, -0.2) is 27.8 Å². The summed E-state index contributed by atoms with van der Waals surface area (Å²) in [6, 6.07) is 29.4. The molecule has 5 rings (SSSR count). The van der Waals surface area contributed by atoms with Gasteiger partial charge in [-0.05, 0) is 59.7 Å². The predicted molar refractivity (Wildman–Crippen MR) is 143 cm³/mol. The van der Waals surface area contributed by atoms with E-state index in [0.717, 1.165) is 28.0 Å². The molecule has 8 heteroatoms. The van der Waals surface area contributed by atoms with E-state index in [1.807, 2.05) is 72.8 Å². The molecule has 1 N–H and O–H groups in total. The number of amides is 1. The first kappa shape index (κ1) is 24.4. The Morgan fingerprint density at radius 3 is 2.41 bits per heavy atom. The molecule has 0 saturated carbocycles. The van der Waals surface area contributed by atoms with Crippen LogP contribution in [0.25, 0.3) is 5.69 Å². The van der Waals surface area contributed by atoms with Crippen LogP contribution in [0.15, 0.2) is 107 Å². The largest absolute Gasteiger partial charge is 0.497 e. The van der Waals surface area contributed by atoms with Gasteiger partial charge in [0.25, 0.3) is 5.91 Å². The van der Waals surface area contributed by atoms with Gasteiger partial charge < -0.3 is 14.5 Å². The summed E-state index contributed by atoms with van der Waals surface area (Å²) in [6.07, 6.45) is 2.26. The van der Waals surface area contributed by atoms with Gasteiger partial charge >= 0.3 is 0 Å². The number of aromatic nitrogens is 3. The lowest BCUT2D eigenvalue weighted by atomic mass is 10.1. The Morgan fingerprint density at radius 2 is 1.70 bits per heavy atom. The highest BCUT2D eigenvalue weighted by molar-refractivity contribution is 7.98. The van der Waals surface area contributed by atoms with Crippen LogP contribution in [0.2, 0.25) is 0 Å². The third-order valence-corrected chi connectivity index (χ3v) is 6.82. The van der Waals surface area contributed by atoms with Crippen molar-refractivity contribution in [1.29, 1.82) is 0 Å². The molecule has 0 atom stereocenters. The number of benzene rings is 3. The fourth-order valence-electron chi connectivity index (χ4n) is 3.86. The highest BCUT2D eigenvalue weighted by atomic mass is 32.2. The molecule has 2 aromatic heterocycles. The highest BCUT2D eigenvalue weighted by Crippen LogP contribution is 2.27. The number of carbonyl (C=O) groups excluding carboxylic acids is 1. The second kappa shape index (κ2) is 11.6. The number of furan rings is 1. The fourth-order valence-corrected chi connectivity index (χ4v) is 4.79. The molecule has 0 radical (unpaired) electrons. The Morgan fingerprint density at radius 1 is 0.919 bits per heavy atom. The number of ether oxygens (including phenoxy) is 1. The van der Waals surface area contributed by atoms with Gasteiger partial charge in [0, 0.05) is 23.4 Å². The Labute approximate surface area is 219 Å². The molecule has 186 valence electrons. The second-order valence-electron chi connectivity index (χ2n) is 8.34. The van der Waals surface area contributed by atoms with E-state index in [1.165, 1.54) is 5.56 Å². The van der Waals surface area contributed by atoms with Crippen LogP contribution in [0.5, 0.6) is 5.75 Å². The van der Waals surface area contributed by atoms with Gasteiger partial charge in [0.1, 0.15) is 17.3 Å². The van der Waals surface area contributed by atoms with Crippen molar-refractivity contribution in [1.82, 2.24) is 20.1 Å². The minimum Gasteiger partial charge on any atom is -0.497 e. The van der Waals surface area contributed by atoms with Gasteiger partial charge in [0.15, 0.2) is 5.16 Å². The molecule has 7 nitrogen and oxygen atoms in total. The molecule has 3 aromatic carbocycles. The first-order valence-electron chi connectivity index (χ1n) is 11.8. The van der Waals surface area contributed by atoms with Gasteiger partial charge in [0.05, 0.1) is 19.9 Å². The van der Waals surface area contributed by atoms with Crippen LogP contribution in [0.3, 0.4) is 0 Å². The average molecular weight is 511 g/mol. The zero-order valence-corrected chi connectivity index (χ0v) is 21.2. The normalized spacial score (nSPS) is 10.8. The average Bonchev–Trinajstić information content (AvgIpc) is 3.61. The van der Waals surface area contributed by atoms with Gasteiger partial charge in [-0.3, -0.25) is 9.36 Å². The number of carbonyl (C=O) groups is 1. The lowest BCUT2D eigenvalue weighted by Crippen LogP contribution is -2.22. The second-order valence-corrected chi connectivity index (χ2v) is 9.28. The predicted octanol–water partition coefficient (Wildman–Crippen LogP) is 5.68. The Hall–Kier alpha value is -4.30. The third-order valence-electron chi connectivity index (χ3n) is 5.82. The molecule has 2 heterocycles. The molecule has 0 aliphatic carbocycles. The standard InChI is InChI=1S/C29H26N4O3S/c1-35-25-15-13-24(14-16-25)33-27(18-21-6-3-2-4-7-21)31-32-29(33)37-20-22-9-11-23(12-10-22)28(34)30-19-26-8-5-17-36-26/h2-17H,18-20H2,1H3,(H,30,34). The maximum atomic E-state index is 12.4. The summed E-state index contributed by atoms with van der Waals surface area (Å²) in [4.78, 5) is 12.4. The smallest absolute Gasteiger partial charge is 0.251 e. The number of hydrogen-bond acceptors (Lipinski definition) is 6. The van der Waals surface area contributed by atoms with Crippen LogP contribution in [0.4, 0.5) is 0 Å². The molecule has 0 aliphatic rings. The van der Waals surface area contributed by atoms with Gasteiger partial charge in [0.2, 0.25) is 0 Å². The van der Waals surface area contributed by atoms with Crippen LogP contribution in [0, 0.1) is 0 Å². The molecule has 0 fully saturated rings. The van der Waals surface area contributed by atoms with Crippen molar-refractivity contribution in [2.75, 3.05) is 7.11 Å². The summed E-state index contributed by atoms with van der Waals surface area (Å²) < 4.78 is 12.7. The molecule has 1 amide bonds. The van der Waals surface area contributed by atoms with Crippen molar-refractivity contribution in [3.8, 4) is 11.4 Å². The molecular formula is C29H26N4O3S. The molecule has 0 bridgehead atoms. The monoisotopic (exact) mass is 510 g/mol. The van der Waals surface area contributed by atoms with Crippen LogP contribution >= 0.6 is 11.8 Å². The molecule has 5 aromatic rings. The number of nitrogens with one attached hydrogen (secondary N) is 1. The van der Waals surface area contributed by atoms with Gasteiger partial charge in [-0.2, -0.15) is 0 Å². The van der Waals surface area contributed by atoms with E-state index < -0.39 is 0 Å². The van der Waals surface area contributed by atoms with Crippen molar-refractivity contribution in [2.45, 2.75) is 23.9 Å². The number of hydrogen-bond donors (Lipinski definition) is 1. The third kappa shape index (κ3) is 6.10. The molecule has 0 spiro atoms. The minimum atomic E-state index is -0.139. The number of nitrogens with zero attached hydrogens (tertiary/aromatic N) is 3. The molecular weight excluding hydrogens is 484 g/mol. The van der Waals surface area contributed by atoms with E-state index in [1.54, 1.807) is 31.2 Å². The van der Waals surface area contributed by atoms with E-state index in [9.17, 15) is 4.79 Å². The number of rotatable bonds is 10. The first-order valence-corrected chi connectivity index (χ1v) is 12.8. The van der Waals surface area contributed by atoms with E-state index in [2.05, 4.69) is 32.2 Å². The highest BCUT2D eigenvalue weighted by Gasteiger charge is 2.16. The van der Waals surface area contributed by atoms with Crippen molar-refractivity contribution in [3.05, 3.63) is 126 Å².